The standard InChI is InChI=1S/C15H25N5O2/c1-10(2)14(16)15(22)17-7-13(21)20-5-4-11(9-20)12-6-18-19(3)8-12/h6,8,10-11,14H,4-5,7,9,16H2,1-3H3,(H,17,22)/t11?,14-/m0/s1. The lowest BCUT2D eigenvalue weighted by molar-refractivity contribution is -0.132. The van der Waals surface area contributed by atoms with Crippen molar-refractivity contribution in [3.05, 3.63) is 18.0 Å². The molecule has 1 aliphatic rings. The first-order valence-corrected chi connectivity index (χ1v) is 7.68. The Labute approximate surface area is 130 Å². The summed E-state index contributed by atoms with van der Waals surface area (Å²) in [7, 11) is 1.88. The molecule has 122 valence electrons. The van der Waals surface area contributed by atoms with Crippen LogP contribution in [0.3, 0.4) is 0 Å². The van der Waals surface area contributed by atoms with Crippen LogP contribution in [0.1, 0.15) is 31.7 Å². The molecule has 2 atom stereocenters. The molecule has 22 heavy (non-hydrogen) atoms. The fraction of sp³-hybridized carbons (Fsp3) is 0.667. The third kappa shape index (κ3) is 3.85. The van der Waals surface area contributed by atoms with Gasteiger partial charge >= 0.3 is 0 Å². The minimum Gasteiger partial charge on any atom is -0.346 e. The van der Waals surface area contributed by atoms with Gasteiger partial charge in [0.25, 0.3) is 0 Å². The first-order valence-electron chi connectivity index (χ1n) is 7.68. The van der Waals surface area contributed by atoms with Crippen LogP contribution in [0.25, 0.3) is 0 Å². The molecule has 1 aromatic heterocycles. The van der Waals surface area contributed by atoms with Gasteiger partial charge in [0.2, 0.25) is 11.8 Å². The second-order valence-corrected chi connectivity index (χ2v) is 6.26. The van der Waals surface area contributed by atoms with Gasteiger partial charge in [-0.2, -0.15) is 5.10 Å². The maximum atomic E-state index is 12.2. The van der Waals surface area contributed by atoms with Gasteiger partial charge in [0, 0.05) is 32.3 Å². The molecule has 7 heteroatoms. The number of nitrogens with one attached hydrogen (secondary N) is 1. The summed E-state index contributed by atoms with van der Waals surface area (Å²) >= 11 is 0. The van der Waals surface area contributed by atoms with Crippen LogP contribution in [-0.4, -0.2) is 52.2 Å². The topological polar surface area (TPSA) is 93.2 Å². The molecule has 0 saturated carbocycles. The van der Waals surface area contributed by atoms with Crippen LogP contribution in [0.2, 0.25) is 0 Å². The zero-order valence-corrected chi connectivity index (χ0v) is 13.5. The number of carbonyl (C=O) groups excluding carboxylic acids is 2. The smallest absolute Gasteiger partial charge is 0.241 e. The Balaban J connectivity index is 1.81. The molecule has 7 nitrogen and oxygen atoms in total. The first-order chi connectivity index (χ1) is 10.4. The number of hydrogen-bond acceptors (Lipinski definition) is 4. The highest BCUT2D eigenvalue weighted by Crippen LogP contribution is 2.26. The number of carbonyl (C=O) groups is 2. The molecule has 0 radical (unpaired) electrons. The number of rotatable bonds is 5. The summed E-state index contributed by atoms with van der Waals surface area (Å²) in [5.41, 5.74) is 6.91. The zero-order valence-electron chi connectivity index (χ0n) is 13.5. The van der Waals surface area contributed by atoms with Crippen molar-refractivity contribution in [2.45, 2.75) is 32.2 Å². The summed E-state index contributed by atoms with van der Waals surface area (Å²) in [4.78, 5) is 25.7. The van der Waals surface area contributed by atoms with E-state index in [0.29, 0.717) is 19.0 Å². The van der Waals surface area contributed by atoms with E-state index in [9.17, 15) is 9.59 Å². The fourth-order valence-corrected chi connectivity index (χ4v) is 2.60. The summed E-state index contributed by atoms with van der Waals surface area (Å²) < 4.78 is 1.77. The zero-order chi connectivity index (χ0) is 16.3. The van der Waals surface area contributed by atoms with Gasteiger partial charge in [-0.25, -0.2) is 0 Å². The Kier molecular flexibility index (Phi) is 5.18. The Morgan fingerprint density at radius 1 is 1.50 bits per heavy atom. The molecular weight excluding hydrogens is 282 g/mol. The predicted octanol–water partition coefficient (Wildman–Crippen LogP) is -0.164. The molecule has 0 aromatic carbocycles. The maximum Gasteiger partial charge on any atom is 0.241 e. The van der Waals surface area contributed by atoms with Crippen molar-refractivity contribution in [3.8, 4) is 0 Å². The van der Waals surface area contributed by atoms with E-state index in [1.54, 1.807) is 9.58 Å². The summed E-state index contributed by atoms with van der Waals surface area (Å²) in [5.74, 6) is 0.0465. The average molecular weight is 307 g/mol. The van der Waals surface area contributed by atoms with E-state index >= 15 is 0 Å². The summed E-state index contributed by atoms with van der Waals surface area (Å²) in [6.45, 7) is 5.16. The highest BCUT2D eigenvalue weighted by Gasteiger charge is 2.28. The minimum absolute atomic E-state index is 0.0129. The molecule has 3 N–H and O–H groups in total. The maximum absolute atomic E-state index is 12.2. The van der Waals surface area contributed by atoms with E-state index in [1.165, 1.54) is 0 Å². The van der Waals surface area contributed by atoms with Crippen LogP contribution >= 0.6 is 0 Å². The van der Waals surface area contributed by atoms with E-state index in [-0.39, 0.29) is 24.3 Å². The van der Waals surface area contributed by atoms with Crippen LogP contribution in [0, 0.1) is 5.92 Å². The number of nitrogens with zero attached hydrogens (tertiary/aromatic N) is 3. The lowest BCUT2D eigenvalue weighted by Gasteiger charge is -2.19. The van der Waals surface area contributed by atoms with Crippen molar-refractivity contribution in [2.24, 2.45) is 18.7 Å². The van der Waals surface area contributed by atoms with Crippen LogP contribution in [0.15, 0.2) is 12.4 Å². The van der Waals surface area contributed by atoms with E-state index in [1.807, 2.05) is 33.3 Å². The highest BCUT2D eigenvalue weighted by atomic mass is 16.2. The van der Waals surface area contributed by atoms with Gasteiger partial charge in [-0.05, 0) is 17.9 Å². The number of likely N-dealkylation sites (tertiary alicyclic amines) is 1. The molecule has 1 saturated heterocycles. The molecule has 0 aliphatic carbocycles. The van der Waals surface area contributed by atoms with E-state index in [2.05, 4.69) is 10.4 Å². The predicted molar refractivity (Wildman–Crippen MR) is 83.0 cm³/mol. The van der Waals surface area contributed by atoms with Crippen LogP contribution in [-0.2, 0) is 16.6 Å². The Hall–Kier alpha value is -1.89. The van der Waals surface area contributed by atoms with Gasteiger partial charge in [-0.1, -0.05) is 13.8 Å². The van der Waals surface area contributed by atoms with Gasteiger partial charge < -0.3 is 16.0 Å². The second kappa shape index (κ2) is 6.91. The molecule has 0 bridgehead atoms. The molecule has 2 rings (SSSR count). The minimum atomic E-state index is -0.575. The number of aryl methyl sites for hydroxylation is 1. The monoisotopic (exact) mass is 307 g/mol. The van der Waals surface area contributed by atoms with Crippen molar-refractivity contribution in [1.29, 1.82) is 0 Å². The van der Waals surface area contributed by atoms with E-state index in [0.717, 1.165) is 12.0 Å². The lowest BCUT2D eigenvalue weighted by Crippen LogP contribution is -2.47. The SMILES string of the molecule is CC(C)[C@H](N)C(=O)NCC(=O)N1CCC(c2cnn(C)c2)C1. The lowest BCUT2D eigenvalue weighted by atomic mass is 10.0. The van der Waals surface area contributed by atoms with Crippen molar-refractivity contribution in [2.75, 3.05) is 19.6 Å². The van der Waals surface area contributed by atoms with Crippen molar-refractivity contribution in [3.63, 3.8) is 0 Å². The Bertz CT molecular complexity index is 540. The van der Waals surface area contributed by atoms with Gasteiger partial charge in [-0.15, -0.1) is 0 Å². The van der Waals surface area contributed by atoms with Gasteiger partial charge in [0.15, 0.2) is 0 Å². The Morgan fingerprint density at radius 2 is 2.23 bits per heavy atom. The quantitative estimate of drug-likeness (QED) is 0.790. The molecule has 2 heterocycles. The van der Waals surface area contributed by atoms with E-state index in [4.69, 9.17) is 5.73 Å². The third-order valence-electron chi connectivity index (χ3n) is 4.17. The third-order valence-corrected chi connectivity index (χ3v) is 4.17. The molecule has 2 amide bonds. The molecular formula is C15H25N5O2. The summed E-state index contributed by atoms with van der Waals surface area (Å²) in [6.07, 6.45) is 4.76. The Morgan fingerprint density at radius 3 is 2.82 bits per heavy atom. The van der Waals surface area contributed by atoms with E-state index < -0.39 is 6.04 Å². The number of nitrogens with two attached hydrogens (primary N) is 1. The van der Waals surface area contributed by atoms with Crippen molar-refractivity contribution < 1.29 is 9.59 Å². The van der Waals surface area contributed by atoms with Crippen LogP contribution in [0.4, 0.5) is 0 Å². The average Bonchev–Trinajstić information content (AvgIpc) is 3.11. The normalized spacial score (nSPS) is 19.5. The van der Waals surface area contributed by atoms with Crippen molar-refractivity contribution in [1.82, 2.24) is 20.0 Å². The first kappa shape index (κ1) is 16.5. The number of aromatic nitrogens is 2. The molecule has 0 spiro atoms. The van der Waals surface area contributed by atoms with Crippen LogP contribution in [0.5, 0.6) is 0 Å². The molecule has 1 fully saturated rings. The van der Waals surface area contributed by atoms with Gasteiger partial charge in [-0.3, -0.25) is 14.3 Å². The van der Waals surface area contributed by atoms with Gasteiger partial charge in [0.1, 0.15) is 0 Å². The fourth-order valence-electron chi connectivity index (χ4n) is 2.60. The molecule has 1 aliphatic heterocycles. The highest BCUT2D eigenvalue weighted by molar-refractivity contribution is 5.87. The van der Waals surface area contributed by atoms with Crippen molar-refractivity contribution >= 4 is 11.8 Å². The van der Waals surface area contributed by atoms with Crippen LogP contribution < -0.4 is 11.1 Å². The largest absolute Gasteiger partial charge is 0.346 e. The second-order valence-electron chi connectivity index (χ2n) is 6.26. The summed E-state index contributed by atoms with van der Waals surface area (Å²) in [5, 5.41) is 6.80. The number of hydrogen-bond donors (Lipinski definition) is 2. The summed E-state index contributed by atoms with van der Waals surface area (Å²) in [6, 6.07) is -0.575. The molecule has 1 unspecified atom stereocenters. The van der Waals surface area contributed by atoms with Gasteiger partial charge in [0.05, 0.1) is 18.8 Å². The number of amides is 2. The molecule has 1 aromatic rings.